The molecule has 0 aliphatic carbocycles. The zero-order chi connectivity index (χ0) is 15.9. The minimum Gasteiger partial charge on any atom is -0.396 e. The third-order valence-electron chi connectivity index (χ3n) is 2.74. The van der Waals surface area contributed by atoms with Crippen molar-refractivity contribution in [3.05, 3.63) is 24.3 Å². The van der Waals surface area contributed by atoms with Gasteiger partial charge in [0.1, 0.15) is 0 Å². The van der Waals surface area contributed by atoms with Gasteiger partial charge >= 0.3 is 11.8 Å². The highest BCUT2D eigenvalue weighted by atomic mass is 16.3. The summed E-state index contributed by atoms with van der Waals surface area (Å²) in [5.74, 6) is -1.03. The average molecular weight is 304 g/mol. The molecule has 2 aromatic rings. The summed E-state index contributed by atoms with van der Waals surface area (Å²) in [6.45, 7) is 0.208. The van der Waals surface area contributed by atoms with Crippen molar-refractivity contribution >= 4 is 17.5 Å². The molecule has 0 fully saturated rings. The molecule has 0 bridgehead atoms. The number of anilines is 1. The van der Waals surface area contributed by atoms with E-state index in [-0.39, 0.29) is 13.2 Å². The lowest BCUT2D eigenvalue weighted by Gasteiger charge is -2.06. The van der Waals surface area contributed by atoms with Crippen LogP contribution in [-0.4, -0.2) is 50.3 Å². The van der Waals surface area contributed by atoms with Crippen LogP contribution < -0.4 is 10.6 Å². The first kappa shape index (κ1) is 15.6. The molecule has 9 heteroatoms. The van der Waals surface area contributed by atoms with Crippen LogP contribution in [0.2, 0.25) is 0 Å². The Kier molecular flexibility index (Phi) is 5.15. The second-order valence-electron chi connectivity index (χ2n) is 4.47. The largest absolute Gasteiger partial charge is 0.396 e. The molecule has 1 heterocycles. The van der Waals surface area contributed by atoms with Crippen LogP contribution in [0.1, 0.15) is 6.42 Å². The molecule has 9 nitrogen and oxygen atoms in total. The Hall–Kier alpha value is -2.81. The summed E-state index contributed by atoms with van der Waals surface area (Å²) in [7, 11) is 1.67. The number of nitrogens with one attached hydrogen (secondary N) is 2. The predicted octanol–water partition coefficient (Wildman–Crippen LogP) is -0.686. The van der Waals surface area contributed by atoms with E-state index in [0.717, 1.165) is 5.56 Å². The van der Waals surface area contributed by atoms with Gasteiger partial charge in [-0.15, -0.1) is 10.2 Å². The molecule has 0 aliphatic rings. The van der Waals surface area contributed by atoms with Crippen molar-refractivity contribution in [3.8, 4) is 11.4 Å². The van der Waals surface area contributed by atoms with Crippen molar-refractivity contribution in [3.63, 3.8) is 0 Å². The number of aromatic nitrogens is 4. The summed E-state index contributed by atoms with van der Waals surface area (Å²) >= 11 is 0. The van der Waals surface area contributed by atoms with Crippen LogP contribution >= 0.6 is 0 Å². The monoisotopic (exact) mass is 304 g/mol. The molecule has 0 unspecified atom stereocenters. The van der Waals surface area contributed by atoms with Gasteiger partial charge in [0.25, 0.3) is 0 Å². The molecule has 1 aromatic carbocycles. The molecule has 0 saturated carbocycles. The van der Waals surface area contributed by atoms with Crippen molar-refractivity contribution < 1.29 is 14.7 Å². The zero-order valence-corrected chi connectivity index (χ0v) is 12.0. The van der Waals surface area contributed by atoms with Crippen molar-refractivity contribution in [2.24, 2.45) is 7.05 Å². The quantitative estimate of drug-likeness (QED) is 0.496. The van der Waals surface area contributed by atoms with E-state index >= 15 is 0 Å². The minimum atomic E-state index is -0.761. The van der Waals surface area contributed by atoms with Gasteiger partial charge in [-0.2, -0.15) is 4.80 Å². The molecule has 3 N–H and O–H groups in total. The average Bonchev–Trinajstić information content (AvgIpc) is 2.94. The standard InChI is InChI=1S/C13H16N6O3/c1-19-17-11(16-18-19)9-3-5-10(6-4-9)15-13(22)12(21)14-7-2-8-20/h3-6,20H,2,7-8H2,1H3,(H,14,21)(H,15,22). The number of amides is 2. The Morgan fingerprint density at radius 2 is 1.95 bits per heavy atom. The second-order valence-corrected chi connectivity index (χ2v) is 4.47. The predicted molar refractivity (Wildman–Crippen MR) is 77.6 cm³/mol. The fourth-order valence-electron chi connectivity index (χ4n) is 1.65. The number of hydrogen-bond acceptors (Lipinski definition) is 6. The van der Waals surface area contributed by atoms with Crippen molar-refractivity contribution in [2.45, 2.75) is 6.42 Å². The molecule has 2 rings (SSSR count). The lowest BCUT2D eigenvalue weighted by Crippen LogP contribution is -2.36. The Morgan fingerprint density at radius 3 is 2.55 bits per heavy atom. The Labute approximate surface area is 126 Å². The summed E-state index contributed by atoms with van der Waals surface area (Å²) in [6.07, 6.45) is 0.402. The summed E-state index contributed by atoms with van der Waals surface area (Å²) < 4.78 is 0. The lowest BCUT2D eigenvalue weighted by molar-refractivity contribution is -0.136. The number of hydrogen-bond donors (Lipinski definition) is 3. The van der Waals surface area contributed by atoms with Crippen LogP contribution in [0, 0.1) is 0 Å². The van der Waals surface area contributed by atoms with E-state index in [0.29, 0.717) is 17.9 Å². The number of aliphatic hydroxyl groups excluding tert-OH is 1. The van der Waals surface area contributed by atoms with Crippen LogP contribution in [-0.2, 0) is 16.6 Å². The Bertz CT molecular complexity index is 652. The number of rotatable bonds is 5. The van der Waals surface area contributed by atoms with Crippen LogP contribution in [0.3, 0.4) is 0 Å². The van der Waals surface area contributed by atoms with Crippen molar-refractivity contribution in [2.75, 3.05) is 18.5 Å². The normalized spacial score (nSPS) is 10.3. The fourth-order valence-corrected chi connectivity index (χ4v) is 1.65. The van der Waals surface area contributed by atoms with Gasteiger partial charge in [-0.05, 0) is 35.9 Å². The van der Waals surface area contributed by atoms with E-state index in [2.05, 4.69) is 26.0 Å². The summed E-state index contributed by atoms with van der Waals surface area (Å²) in [6, 6.07) is 6.72. The number of tetrazole rings is 1. The molecule has 0 aliphatic heterocycles. The molecule has 0 spiro atoms. The van der Waals surface area contributed by atoms with Crippen LogP contribution in [0.15, 0.2) is 24.3 Å². The zero-order valence-electron chi connectivity index (χ0n) is 12.0. The van der Waals surface area contributed by atoms with Gasteiger partial charge in [-0.1, -0.05) is 0 Å². The number of nitrogens with zero attached hydrogens (tertiary/aromatic N) is 4. The summed E-state index contributed by atoms with van der Waals surface area (Å²) in [5.41, 5.74) is 1.23. The SMILES string of the molecule is Cn1nnc(-c2ccc(NC(=O)C(=O)NCCCO)cc2)n1. The summed E-state index contributed by atoms with van der Waals surface area (Å²) in [4.78, 5) is 24.5. The van der Waals surface area contributed by atoms with E-state index in [4.69, 9.17) is 5.11 Å². The van der Waals surface area contributed by atoms with Crippen molar-refractivity contribution in [1.29, 1.82) is 0 Å². The number of aliphatic hydroxyl groups is 1. The van der Waals surface area contributed by atoms with Crippen LogP contribution in [0.4, 0.5) is 5.69 Å². The molecule has 2 amide bonds. The Morgan fingerprint density at radius 1 is 1.23 bits per heavy atom. The number of carbonyl (C=O) groups is 2. The van der Waals surface area contributed by atoms with Crippen LogP contribution in [0.25, 0.3) is 11.4 Å². The fraction of sp³-hybridized carbons (Fsp3) is 0.308. The third-order valence-corrected chi connectivity index (χ3v) is 2.74. The van der Waals surface area contributed by atoms with Crippen LogP contribution in [0.5, 0.6) is 0 Å². The third kappa shape index (κ3) is 4.09. The first-order valence-corrected chi connectivity index (χ1v) is 6.64. The smallest absolute Gasteiger partial charge is 0.313 e. The molecule has 0 radical (unpaired) electrons. The molecule has 22 heavy (non-hydrogen) atoms. The molecule has 1 aromatic heterocycles. The van der Waals surface area contributed by atoms with E-state index in [1.165, 1.54) is 4.80 Å². The van der Waals surface area contributed by atoms with Gasteiger partial charge < -0.3 is 15.7 Å². The van der Waals surface area contributed by atoms with E-state index in [9.17, 15) is 9.59 Å². The second kappa shape index (κ2) is 7.27. The highest BCUT2D eigenvalue weighted by Gasteiger charge is 2.13. The van der Waals surface area contributed by atoms with E-state index < -0.39 is 11.8 Å². The number of benzene rings is 1. The minimum absolute atomic E-state index is 0.0419. The molecule has 116 valence electrons. The lowest BCUT2D eigenvalue weighted by atomic mass is 10.2. The highest BCUT2D eigenvalue weighted by Crippen LogP contribution is 2.16. The number of aryl methyl sites for hydroxylation is 1. The van der Waals surface area contributed by atoms with Gasteiger partial charge in [-0.25, -0.2) is 0 Å². The van der Waals surface area contributed by atoms with E-state index in [1.54, 1.807) is 31.3 Å². The molecule has 0 saturated heterocycles. The van der Waals surface area contributed by atoms with Gasteiger partial charge in [-0.3, -0.25) is 9.59 Å². The maximum Gasteiger partial charge on any atom is 0.313 e. The maximum atomic E-state index is 11.6. The first-order valence-electron chi connectivity index (χ1n) is 6.64. The topological polar surface area (TPSA) is 122 Å². The molecular formula is C13H16N6O3. The van der Waals surface area contributed by atoms with Gasteiger partial charge in [0.2, 0.25) is 5.82 Å². The highest BCUT2D eigenvalue weighted by molar-refractivity contribution is 6.39. The van der Waals surface area contributed by atoms with Gasteiger partial charge in [0, 0.05) is 24.4 Å². The maximum absolute atomic E-state index is 11.6. The van der Waals surface area contributed by atoms with Crippen molar-refractivity contribution in [1.82, 2.24) is 25.5 Å². The molecular weight excluding hydrogens is 288 g/mol. The molecule has 0 atom stereocenters. The summed E-state index contributed by atoms with van der Waals surface area (Å²) in [5, 5.41) is 25.2. The Balaban J connectivity index is 1.93. The van der Waals surface area contributed by atoms with Gasteiger partial charge in [0.15, 0.2) is 0 Å². The van der Waals surface area contributed by atoms with Gasteiger partial charge in [0.05, 0.1) is 7.05 Å². The van der Waals surface area contributed by atoms with E-state index in [1.807, 2.05) is 0 Å². The number of carbonyl (C=O) groups excluding carboxylic acids is 2. The first-order chi connectivity index (χ1) is 10.6.